The Morgan fingerprint density at radius 2 is 1.84 bits per heavy atom. The van der Waals surface area contributed by atoms with Crippen molar-refractivity contribution in [2.75, 3.05) is 17.2 Å². The second kappa shape index (κ2) is 14.3. The fraction of sp³-hybridized carbons (Fsp3) is 0.312. The summed E-state index contributed by atoms with van der Waals surface area (Å²) in [6.45, 7) is 4.61. The van der Waals surface area contributed by atoms with E-state index in [9.17, 15) is 23.1 Å². The molecule has 5 rings (SSSR count). The first-order chi connectivity index (χ1) is 21.6. The number of benzene rings is 3. The van der Waals surface area contributed by atoms with Crippen molar-refractivity contribution in [2.24, 2.45) is 4.99 Å². The van der Waals surface area contributed by atoms with Gasteiger partial charge in [-0.3, -0.25) is 15.0 Å². The summed E-state index contributed by atoms with van der Waals surface area (Å²) >= 11 is 1.32. The van der Waals surface area contributed by atoms with Crippen LogP contribution in [0.3, 0.4) is 0 Å². The Labute approximate surface area is 263 Å². The van der Waals surface area contributed by atoms with E-state index in [4.69, 9.17) is 0 Å². The van der Waals surface area contributed by atoms with Crippen molar-refractivity contribution in [1.82, 2.24) is 20.1 Å². The van der Waals surface area contributed by atoms with Crippen molar-refractivity contribution in [3.05, 3.63) is 89.7 Å². The largest absolute Gasteiger partial charge is 0.573 e. The number of nitrogens with zero attached hydrogens (tertiary/aromatic N) is 5. The van der Waals surface area contributed by atoms with Crippen LogP contribution in [0.25, 0.3) is 17.1 Å². The Morgan fingerprint density at radius 3 is 2.56 bits per heavy atom. The number of hydrogen-bond acceptors (Lipinski definition) is 8. The molecule has 45 heavy (non-hydrogen) atoms. The van der Waals surface area contributed by atoms with E-state index >= 15 is 0 Å². The lowest BCUT2D eigenvalue weighted by Crippen LogP contribution is -2.34. The number of amides is 1. The van der Waals surface area contributed by atoms with Crippen LogP contribution in [-0.4, -0.2) is 56.0 Å². The number of thioether (sulfide) groups is 1. The molecule has 236 valence electrons. The first kappa shape index (κ1) is 32.2. The van der Waals surface area contributed by atoms with E-state index in [0.717, 1.165) is 53.6 Å². The molecule has 1 aliphatic heterocycles. The topological polar surface area (TPSA) is 105 Å². The average molecular weight is 639 g/mol. The number of aliphatic hydroxyl groups is 1. The third kappa shape index (κ3) is 8.50. The first-order valence-corrected chi connectivity index (χ1v) is 15.5. The third-order valence-electron chi connectivity index (χ3n) is 7.01. The molecule has 0 saturated carbocycles. The number of ether oxygens (including phenoxy) is 1. The minimum absolute atomic E-state index is 0.0482. The highest BCUT2D eigenvalue weighted by molar-refractivity contribution is 8.15. The molecule has 1 unspecified atom stereocenters. The van der Waals surface area contributed by atoms with Crippen LogP contribution in [-0.2, 0) is 17.6 Å². The second-order valence-electron chi connectivity index (χ2n) is 10.5. The van der Waals surface area contributed by atoms with Crippen LogP contribution in [0.2, 0.25) is 0 Å². The summed E-state index contributed by atoms with van der Waals surface area (Å²) in [4.78, 5) is 23.1. The van der Waals surface area contributed by atoms with Gasteiger partial charge in [0.05, 0.1) is 17.1 Å². The molecule has 0 aliphatic carbocycles. The quantitative estimate of drug-likeness (QED) is 0.144. The highest BCUT2D eigenvalue weighted by atomic mass is 32.2. The van der Waals surface area contributed by atoms with Crippen molar-refractivity contribution in [3.8, 4) is 22.8 Å². The maximum absolute atomic E-state index is 12.8. The van der Waals surface area contributed by atoms with Gasteiger partial charge in [-0.25, -0.2) is 14.7 Å². The summed E-state index contributed by atoms with van der Waals surface area (Å²) in [5.74, 6) is 0.402. The van der Waals surface area contributed by atoms with Crippen molar-refractivity contribution in [1.29, 1.82) is 0 Å². The average Bonchev–Trinajstić information content (AvgIpc) is 3.63. The highest BCUT2D eigenvalue weighted by Crippen LogP contribution is 2.31. The van der Waals surface area contributed by atoms with Crippen LogP contribution >= 0.6 is 11.8 Å². The van der Waals surface area contributed by atoms with Crippen LogP contribution < -0.4 is 15.0 Å². The molecule has 0 bridgehead atoms. The Bertz CT molecular complexity index is 1640. The number of nitrogens with one attached hydrogen (secondary N) is 1. The monoisotopic (exact) mass is 638 g/mol. The number of carbonyl (C=O) groups is 1. The molecule has 2 N–H and O–H groups in total. The zero-order valence-corrected chi connectivity index (χ0v) is 25.6. The summed E-state index contributed by atoms with van der Waals surface area (Å²) in [6, 6.07) is 19.2. The van der Waals surface area contributed by atoms with Gasteiger partial charge in [-0.15, -0.1) is 18.3 Å². The van der Waals surface area contributed by atoms with E-state index in [1.807, 2.05) is 43.3 Å². The number of aliphatic imine (C=N–C) groups is 1. The summed E-state index contributed by atoms with van der Waals surface area (Å²) < 4.78 is 42.6. The molecular weight excluding hydrogens is 605 g/mol. The maximum atomic E-state index is 12.8. The van der Waals surface area contributed by atoms with Gasteiger partial charge >= 0.3 is 6.36 Å². The Morgan fingerprint density at radius 1 is 1.09 bits per heavy atom. The van der Waals surface area contributed by atoms with Gasteiger partial charge in [0, 0.05) is 5.56 Å². The van der Waals surface area contributed by atoms with Gasteiger partial charge in [0.2, 0.25) is 12.3 Å². The molecule has 1 saturated heterocycles. The maximum Gasteiger partial charge on any atom is 0.573 e. The zero-order valence-electron chi connectivity index (χ0n) is 24.8. The molecule has 9 nitrogen and oxygen atoms in total. The number of halogens is 3. The summed E-state index contributed by atoms with van der Waals surface area (Å²) in [7, 11) is 0. The van der Waals surface area contributed by atoms with Gasteiger partial charge in [0.25, 0.3) is 0 Å². The molecule has 1 aromatic heterocycles. The standard InChI is InChI=1S/C32H33F3N6O3S/c1-3-5-23-10-7-21(2)18-27(23)41-28(42)19-45-31(41)38-30(43)36-17-4-6-22-8-11-24(12-9-22)29-37-20-40(39-29)25-13-15-26(16-14-25)44-32(33,34)35/h7-16,18,20,30,36,43H,3-6,17,19H2,1-2H3. The fourth-order valence-corrected chi connectivity index (χ4v) is 5.76. The predicted molar refractivity (Wildman–Crippen MR) is 168 cm³/mol. The molecule has 2 heterocycles. The number of alkyl halides is 3. The summed E-state index contributed by atoms with van der Waals surface area (Å²) in [6.07, 6.45) is -1.09. The zero-order chi connectivity index (χ0) is 32.0. The number of rotatable bonds is 12. The fourth-order valence-electron chi connectivity index (χ4n) is 4.87. The van der Waals surface area contributed by atoms with Gasteiger partial charge in [-0.1, -0.05) is 61.5 Å². The summed E-state index contributed by atoms with van der Waals surface area (Å²) in [5, 5.41) is 18.5. The third-order valence-corrected chi connectivity index (χ3v) is 7.94. The molecule has 4 aromatic rings. The Balaban J connectivity index is 1.12. The highest BCUT2D eigenvalue weighted by Gasteiger charge is 2.32. The molecular formula is C32H33F3N6O3S. The molecule has 1 aliphatic rings. The van der Waals surface area contributed by atoms with E-state index in [-0.39, 0.29) is 17.4 Å². The van der Waals surface area contributed by atoms with Gasteiger partial charge in [0.15, 0.2) is 11.0 Å². The van der Waals surface area contributed by atoms with E-state index in [1.165, 1.54) is 47.0 Å². The molecule has 13 heteroatoms. The van der Waals surface area contributed by atoms with E-state index in [0.29, 0.717) is 23.2 Å². The van der Waals surface area contributed by atoms with Crippen LogP contribution in [0.1, 0.15) is 36.5 Å². The normalized spacial score (nSPS) is 15.2. The number of amidine groups is 1. The molecule has 0 spiro atoms. The van der Waals surface area contributed by atoms with Gasteiger partial charge in [-0.05, 0) is 79.8 Å². The van der Waals surface area contributed by atoms with Crippen molar-refractivity contribution in [3.63, 3.8) is 0 Å². The summed E-state index contributed by atoms with van der Waals surface area (Å²) in [5.41, 5.74) is 5.39. The lowest BCUT2D eigenvalue weighted by atomic mass is 10.0. The van der Waals surface area contributed by atoms with Gasteiger partial charge in [-0.2, -0.15) is 0 Å². The second-order valence-corrected chi connectivity index (χ2v) is 11.4. The lowest BCUT2D eigenvalue weighted by molar-refractivity contribution is -0.274. The van der Waals surface area contributed by atoms with Crippen LogP contribution in [0.4, 0.5) is 18.9 Å². The van der Waals surface area contributed by atoms with E-state index < -0.39 is 12.7 Å². The number of aryl methyl sites for hydroxylation is 3. The smallest absolute Gasteiger partial charge is 0.406 e. The number of hydrogen-bond donors (Lipinski definition) is 2. The predicted octanol–water partition coefficient (Wildman–Crippen LogP) is 6.03. The minimum atomic E-state index is -4.75. The van der Waals surface area contributed by atoms with Crippen LogP contribution in [0, 0.1) is 6.92 Å². The van der Waals surface area contributed by atoms with Crippen LogP contribution in [0.15, 0.2) is 78.0 Å². The molecule has 1 amide bonds. The molecule has 1 atom stereocenters. The number of aliphatic hydroxyl groups excluding tert-OH is 1. The molecule has 1 fully saturated rings. The SMILES string of the molecule is CCCc1ccc(C)cc1N1C(=O)CSC1=NC(O)NCCCc1ccc(-c2ncn(-c3ccc(OC(F)(F)F)cc3)n2)cc1. The number of aromatic nitrogens is 3. The first-order valence-electron chi connectivity index (χ1n) is 14.5. The van der Waals surface area contributed by atoms with Crippen molar-refractivity contribution in [2.45, 2.75) is 52.2 Å². The lowest BCUT2D eigenvalue weighted by Gasteiger charge is -2.21. The molecule has 0 radical (unpaired) electrons. The molecule has 3 aromatic carbocycles. The van der Waals surface area contributed by atoms with Gasteiger partial charge < -0.3 is 9.84 Å². The van der Waals surface area contributed by atoms with Crippen molar-refractivity contribution >= 4 is 28.5 Å². The van der Waals surface area contributed by atoms with E-state index in [2.05, 4.69) is 38.1 Å². The Hall–Kier alpha value is -4.20. The van der Waals surface area contributed by atoms with E-state index in [1.54, 1.807) is 4.90 Å². The van der Waals surface area contributed by atoms with Gasteiger partial charge in [0.1, 0.15) is 12.1 Å². The number of anilines is 1. The minimum Gasteiger partial charge on any atom is -0.406 e. The Kier molecular flexibility index (Phi) is 10.2. The van der Waals surface area contributed by atoms with Crippen LogP contribution in [0.5, 0.6) is 5.75 Å². The van der Waals surface area contributed by atoms with Crippen molar-refractivity contribution < 1.29 is 27.8 Å². The number of carbonyl (C=O) groups excluding carboxylic acids is 1.